The number of rotatable bonds is 3. The van der Waals surface area contributed by atoms with Gasteiger partial charge in [0.05, 0.1) is 16.6 Å². The maximum Gasteiger partial charge on any atom is 0.308 e. The Hall–Kier alpha value is -1.37. The molecule has 2 unspecified atom stereocenters. The van der Waals surface area contributed by atoms with Crippen LogP contribution in [0.4, 0.5) is 0 Å². The van der Waals surface area contributed by atoms with Crippen LogP contribution in [0.15, 0.2) is 16.9 Å². The minimum atomic E-state index is -0.827. The molecule has 0 aromatic carbocycles. The molecule has 1 aromatic heterocycles. The monoisotopic (exact) mass is 329 g/mol. The van der Waals surface area contributed by atoms with Crippen molar-refractivity contribution in [1.82, 2.24) is 14.7 Å². The second-order valence-corrected chi connectivity index (χ2v) is 5.78. The van der Waals surface area contributed by atoms with E-state index in [-0.39, 0.29) is 25.0 Å². The van der Waals surface area contributed by atoms with Gasteiger partial charge >= 0.3 is 5.97 Å². The predicted octanol–water partition coefficient (Wildman–Crippen LogP) is 1.36. The van der Waals surface area contributed by atoms with Gasteiger partial charge in [0.1, 0.15) is 6.54 Å². The summed E-state index contributed by atoms with van der Waals surface area (Å²) < 4.78 is 2.36. The number of piperidine rings is 1. The number of halogens is 1. The SMILES string of the molecule is CC1CCC(C(=O)O)CN1C(=O)Cn1cc(Br)cn1. The molecule has 0 aliphatic carbocycles. The number of carboxylic acids is 1. The molecule has 6 nitrogen and oxygen atoms in total. The van der Waals surface area contributed by atoms with E-state index in [1.165, 1.54) is 0 Å². The van der Waals surface area contributed by atoms with E-state index in [4.69, 9.17) is 5.11 Å². The Morgan fingerprint density at radius 1 is 1.53 bits per heavy atom. The quantitative estimate of drug-likeness (QED) is 0.908. The lowest BCUT2D eigenvalue weighted by atomic mass is 9.93. The van der Waals surface area contributed by atoms with Gasteiger partial charge < -0.3 is 10.0 Å². The number of hydrogen-bond donors (Lipinski definition) is 1. The number of carboxylic acid groups (broad SMARTS) is 1. The van der Waals surface area contributed by atoms with Gasteiger partial charge in [0.15, 0.2) is 0 Å². The number of carbonyl (C=O) groups excluding carboxylic acids is 1. The molecule has 104 valence electrons. The topological polar surface area (TPSA) is 75.4 Å². The van der Waals surface area contributed by atoms with Crippen molar-refractivity contribution in [2.24, 2.45) is 5.92 Å². The van der Waals surface area contributed by atoms with Gasteiger partial charge in [0.2, 0.25) is 5.91 Å². The smallest absolute Gasteiger partial charge is 0.308 e. The summed E-state index contributed by atoms with van der Waals surface area (Å²) in [6.45, 7) is 2.38. The van der Waals surface area contributed by atoms with E-state index in [1.54, 1.807) is 22.0 Å². The molecule has 1 saturated heterocycles. The maximum atomic E-state index is 12.2. The number of carbonyl (C=O) groups is 2. The zero-order chi connectivity index (χ0) is 14.0. The molecule has 0 spiro atoms. The van der Waals surface area contributed by atoms with Crippen LogP contribution in [-0.2, 0) is 16.1 Å². The van der Waals surface area contributed by atoms with Crippen molar-refractivity contribution < 1.29 is 14.7 Å². The highest BCUT2D eigenvalue weighted by atomic mass is 79.9. The van der Waals surface area contributed by atoms with Crippen molar-refractivity contribution in [3.05, 3.63) is 16.9 Å². The molecular formula is C12H16BrN3O3. The molecule has 0 bridgehead atoms. The molecule has 7 heteroatoms. The Morgan fingerprint density at radius 3 is 2.84 bits per heavy atom. The highest BCUT2D eigenvalue weighted by Gasteiger charge is 2.32. The maximum absolute atomic E-state index is 12.2. The van der Waals surface area contributed by atoms with Crippen molar-refractivity contribution in [3.8, 4) is 0 Å². The molecule has 2 rings (SSSR count). The summed E-state index contributed by atoms with van der Waals surface area (Å²) >= 11 is 3.27. The van der Waals surface area contributed by atoms with E-state index in [9.17, 15) is 9.59 Å². The first-order chi connectivity index (χ1) is 8.97. The lowest BCUT2D eigenvalue weighted by Crippen LogP contribution is -2.48. The number of aromatic nitrogens is 2. The zero-order valence-electron chi connectivity index (χ0n) is 10.6. The van der Waals surface area contributed by atoms with Crippen LogP contribution in [0.5, 0.6) is 0 Å². The summed E-state index contributed by atoms with van der Waals surface area (Å²) in [6, 6.07) is 0.0853. The number of hydrogen-bond acceptors (Lipinski definition) is 3. The summed E-state index contributed by atoms with van der Waals surface area (Å²) in [7, 11) is 0. The molecule has 0 saturated carbocycles. The molecule has 1 N–H and O–H groups in total. The number of aliphatic carboxylic acids is 1. The molecule has 1 aliphatic rings. The van der Waals surface area contributed by atoms with Gasteiger partial charge in [0, 0.05) is 18.8 Å². The van der Waals surface area contributed by atoms with Crippen LogP contribution in [0.2, 0.25) is 0 Å². The van der Waals surface area contributed by atoms with E-state index < -0.39 is 11.9 Å². The average molecular weight is 330 g/mol. The fourth-order valence-electron chi connectivity index (χ4n) is 2.31. The van der Waals surface area contributed by atoms with Crippen molar-refractivity contribution >= 4 is 27.8 Å². The molecular weight excluding hydrogens is 314 g/mol. The third-order valence-corrected chi connectivity index (χ3v) is 3.86. The van der Waals surface area contributed by atoms with E-state index in [1.807, 2.05) is 6.92 Å². The normalized spacial score (nSPS) is 23.4. The van der Waals surface area contributed by atoms with Crippen LogP contribution in [-0.4, -0.2) is 44.3 Å². The van der Waals surface area contributed by atoms with Crippen molar-refractivity contribution in [3.63, 3.8) is 0 Å². The summed E-state index contributed by atoms with van der Waals surface area (Å²) in [5.74, 6) is -1.37. The Bertz CT molecular complexity index is 488. The largest absolute Gasteiger partial charge is 0.481 e. The molecule has 1 amide bonds. The van der Waals surface area contributed by atoms with Crippen molar-refractivity contribution in [1.29, 1.82) is 0 Å². The molecule has 2 heterocycles. The summed E-state index contributed by atoms with van der Waals surface area (Å²) in [5, 5.41) is 13.1. The summed E-state index contributed by atoms with van der Waals surface area (Å²) in [6.07, 6.45) is 4.70. The standard InChI is InChI=1S/C12H16BrN3O3/c1-8-2-3-9(12(18)19)5-16(8)11(17)7-15-6-10(13)4-14-15/h4,6,8-9H,2-3,5,7H2,1H3,(H,18,19). The fraction of sp³-hybridized carbons (Fsp3) is 0.583. The van der Waals surface area contributed by atoms with Gasteiger partial charge in [-0.25, -0.2) is 0 Å². The van der Waals surface area contributed by atoms with Crippen LogP contribution >= 0.6 is 15.9 Å². The summed E-state index contributed by atoms with van der Waals surface area (Å²) in [4.78, 5) is 24.9. The molecule has 2 atom stereocenters. The van der Waals surface area contributed by atoms with E-state index in [2.05, 4.69) is 21.0 Å². The molecule has 0 radical (unpaired) electrons. The minimum absolute atomic E-state index is 0.0853. The second kappa shape index (κ2) is 5.73. The number of nitrogens with zero attached hydrogens (tertiary/aromatic N) is 3. The van der Waals surface area contributed by atoms with Crippen LogP contribution in [0, 0.1) is 5.92 Å². The van der Waals surface area contributed by atoms with Gasteiger partial charge in [-0.1, -0.05) is 0 Å². The van der Waals surface area contributed by atoms with Gasteiger partial charge in [-0.3, -0.25) is 14.3 Å². The van der Waals surface area contributed by atoms with E-state index in [0.29, 0.717) is 6.42 Å². The molecule has 1 aromatic rings. The first-order valence-corrected chi connectivity index (χ1v) is 6.97. The zero-order valence-corrected chi connectivity index (χ0v) is 12.2. The van der Waals surface area contributed by atoms with Crippen LogP contribution in [0.1, 0.15) is 19.8 Å². The molecule has 1 aliphatic heterocycles. The van der Waals surface area contributed by atoms with E-state index in [0.717, 1.165) is 10.9 Å². The Labute approximate surface area is 119 Å². The highest BCUT2D eigenvalue weighted by Crippen LogP contribution is 2.22. The first-order valence-electron chi connectivity index (χ1n) is 6.17. The minimum Gasteiger partial charge on any atom is -0.481 e. The molecule has 19 heavy (non-hydrogen) atoms. The van der Waals surface area contributed by atoms with Gasteiger partial charge in [-0.15, -0.1) is 0 Å². The Balaban J connectivity index is 2.02. The number of likely N-dealkylation sites (tertiary alicyclic amines) is 1. The third kappa shape index (κ3) is 3.34. The number of amides is 1. The third-order valence-electron chi connectivity index (χ3n) is 3.45. The van der Waals surface area contributed by atoms with Crippen LogP contribution < -0.4 is 0 Å². The van der Waals surface area contributed by atoms with E-state index >= 15 is 0 Å². The van der Waals surface area contributed by atoms with Gasteiger partial charge in [-0.2, -0.15) is 5.10 Å². The first kappa shape index (κ1) is 14.0. The van der Waals surface area contributed by atoms with Crippen LogP contribution in [0.3, 0.4) is 0 Å². The molecule has 1 fully saturated rings. The average Bonchev–Trinajstić information content (AvgIpc) is 2.74. The lowest BCUT2D eigenvalue weighted by molar-refractivity contribution is -0.147. The predicted molar refractivity (Wildman–Crippen MR) is 71.5 cm³/mol. The van der Waals surface area contributed by atoms with Crippen LogP contribution in [0.25, 0.3) is 0 Å². The van der Waals surface area contributed by atoms with Gasteiger partial charge in [-0.05, 0) is 35.7 Å². The lowest BCUT2D eigenvalue weighted by Gasteiger charge is -2.36. The van der Waals surface area contributed by atoms with Crippen molar-refractivity contribution in [2.45, 2.75) is 32.4 Å². The summed E-state index contributed by atoms with van der Waals surface area (Å²) in [5.41, 5.74) is 0. The second-order valence-electron chi connectivity index (χ2n) is 4.86. The van der Waals surface area contributed by atoms with Crippen molar-refractivity contribution in [2.75, 3.05) is 6.54 Å². The Kier molecular flexibility index (Phi) is 4.24. The fourth-order valence-corrected chi connectivity index (χ4v) is 2.64. The highest BCUT2D eigenvalue weighted by molar-refractivity contribution is 9.10. The Morgan fingerprint density at radius 2 is 2.26 bits per heavy atom. The van der Waals surface area contributed by atoms with Gasteiger partial charge in [0.25, 0.3) is 0 Å².